The molecule has 25 heavy (non-hydrogen) atoms. The normalized spacial score (nSPS) is 10.3. The number of carbonyl (C=O) groups is 1. The van der Waals surface area contributed by atoms with Crippen LogP contribution in [0.15, 0.2) is 48.8 Å². The molecule has 1 amide bonds. The lowest BCUT2D eigenvalue weighted by Crippen LogP contribution is -2.30. The standard InChI is InChI=1S/C16H14N6O3/c1-17-14-13(22(24)25)15(19-9-18-14)20-21-16(23)12-8-4-6-10-5-2-3-7-11(10)12/h2-9H,1H3,(H,21,23)(H2,17,18,19,20). The molecule has 3 aromatic rings. The number of nitrogens with zero attached hydrogens (tertiary/aromatic N) is 3. The summed E-state index contributed by atoms with van der Waals surface area (Å²) in [5.74, 6) is -0.504. The van der Waals surface area contributed by atoms with Gasteiger partial charge in [-0.2, -0.15) is 0 Å². The monoisotopic (exact) mass is 338 g/mol. The Morgan fingerprint density at radius 3 is 2.56 bits per heavy atom. The van der Waals surface area contributed by atoms with Gasteiger partial charge < -0.3 is 5.32 Å². The third kappa shape index (κ3) is 3.15. The van der Waals surface area contributed by atoms with Crippen molar-refractivity contribution in [1.82, 2.24) is 15.4 Å². The van der Waals surface area contributed by atoms with Gasteiger partial charge in [0.2, 0.25) is 11.6 Å². The smallest absolute Gasteiger partial charge is 0.354 e. The third-order valence-corrected chi connectivity index (χ3v) is 3.57. The highest BCUT2D eigenvalue weighted by Crippen LogP contribution is 2.27. The Bertz CT molecular complexity index is 954. The Morgan fingerprint density at radius 2 is 1.80 bits per heavy atom. The Hall–Kier alpha value is -3.75. The van der Waals surface area contributed by atoms with Gasteiger partial charge in [-0.1, -0.05) is 36.4 Å². The van der Waals surface area contributed by atoms with Gasteiger partial charge in [-0.25, -0.2) is 9.97 Å². The van der Waals surface area contributed by atoms with E-state index in [9.17, 15) is 14.9 Å². The highest BCUT2D eigenvalue weighted by atomic mass is 16.6. The first kappa shape index (κ1) is 16.1. The molecule has 0 aliphatic heterocycles. The van der Waals surface area contributed by atoms with Crippen molar-refractivity contribution in [2.24, 2.45) is 0 Å². The Balaban J connectivity index is 1.87. The van der Waals surface area contributed by atoms with Crippen LogP contribution in [0.5, 0.6) is 0 Å². The van der Waals surface area contributed by atoms with Crippen molar-refractivity contribution in [3.8, 4) is 0 Å². The summed E-state index contributed by atoms with van der Waals surface area (Å²) in [5, 5.41) is 15.5. The molecule has 0 aliphatic rings. The number of hydrazine groups is 1. The fraction of sp³-hybridized carbons (Fsp3) is 0.0625. The fourth-order valence-corrected chi connectivity index (χ4v) is 2.43. The predicted molar refractivity (Wildman–Crippen MR) is 93.3 cm³/mol. The summed E-state index contributed by atoms with van der Waals surface area (Å²) in [6.45, 7) is 0. The zero-order chi connectivity index (χ0) is 17.8. The van der Waals surface area contributed by atoms with Gasteiger partial charge in [0, 0.05) is 12.6 Å². The Labute approximate surface area is 142 Å². The Kier molecular flexibility index (Phi) is 4.38. The van der Waals surface area contributed by atoms with Gasteiger partial charge in [0.15, 0.2) is 0 Å². The minimum atomic E-state index is -0.627. The predicted octanol–water partition coefficient (Wildman–Crippen LogP) is 2.34. The Morgan fingerprint density at radius 1 is 1.08 bits per heavy atom. The van der Waals surface area contributed by atoms with E-state index in [2.05, 4.69) is 26.1 Å². The first-order valence-corrected chi connectivity index (χ1v) is 7.33. The molecule has 0 fully saturated rings. The van der Waals surface area contributed by atoms with Crippen LogP contribution in [0.3, 0.4) is 0 Å². The molecule has 3 N–H and O–H groups in total. The van der Waals surface area contributed by atoms with Crippen LogP contribution in [0.1, 0.15) is 10.4 Å². The number of rotatable bonds is 5. The van der Waals surface area contributed by atoms with Gasteiger partial charge in [0.1, 0.15) is 6.33 Å². The van der Waals surface area contributed by atoms with Crippen LogP contribution in [0.2, 0.25) is 0 Å². The maximum absolute atomic E-state index is 12.5. The molecule has 1 heterocycles. The second-order valence-corrected chi connectivity index (χ2v) is 5.03. The topological polar surface area (TPSA) is 122 Å². The molecule has 0 radical (unpaired) electrons. The van der Waals surface area contributed by atoms with E-state index in [-0.39, 0.29) is 17.3 Å². The molecule has 2 aromatic carbocycles. The average molecular weight is 338 g/mol. The molecule has 0 spiro atoms. The summed E-state index contributed by atoms with van der Waals surface area (Å²) >= 11 is 0. The number of fused-ring (bicyclic) bond motifs is 1. The van der Waals surface area contributed by atoms with Crippen LogP contribution >= 0.6 is 0 Å². The highest BCUT2D eigenvalue weighted by Gasteiger charge is 2.22. The van der Waals surface area contributed by atoms with Crippen LogP contribution in [0, 0.1) is 10.1 Å². The van der Waals surface area contributed by atoms with Crippen molar-refractivity contribution in [3.05, 3.63) is 64.5 Å². The molecule has 9 nitrogen and oxygen atoms in total. The zero-order valence-corrected chi connectivity index (χ0v) is 13.2. The van der Waals surface area contributed by atoms with Crippen LogP contribution < -0.4 is 16.2 Å². The molecule has 0 unspecified atom stereocenters. The molecule has 126 valence electrons. The average Bonchev–Trinajstić information content (AvgIpc) is 2.65. The molecular formula is C16H14N6O3. The lowest BCUT2D eigenvalue weighted by Gasteiger charge is -2.10. The SMILES string of the molecule is CNc1ncnc(NNC(=O)c2cccc3ccccc23)c1[N+](=O)[O-]. The number of aromatic nitrogens is 2. The summed E-state index contributed by atoms with van der Waals surface area (Å²) in [6.07, 6.45) is 1.16. The van der Waals surface area contributed by atoms with Crippen LogP contribution in [0.4, 0.5) is 17.3 Å². The number of carbonyl (C=O) groups excluding carboxylic acids is 1. The summed E-state index contributed by atoms with van der Waals surface area (Å²) in [7, 11) is 1.51. The number of benzene rings is 2. The van der Waals surface area contributed by atoms with E-state index in [0.29, 0.717) is 5.56 Å². The lowest BCUT2D eigenvalue weighted by atomic mass is 10.0. The molecule has 0 saturated heterocycles. The van der Waals surface area contributed by atoms with E-state index in [4.69, 9.17) is 0 Å². The van der Waals surface area contributed by atoms with E-state index < -0.39 is 10.8 Å². The van der Waals surface area contributed by atoms with Crippen molar-refractivity contribution in [2.75, 3.05) is 17.8 Å². The number of nitrogens with one attached hydrogen (secondary N) is 3. The van der Waals surface area contributed by atoms with E-state index >= 15 is 0 Å². The van der Waals surface area contributed by atoms with Gasteiger partial charge in [-0.3, -0.25) is 25.8 Å². The van der Waals surface area contributed by atoms with Gasteiger partial charge in [-0.05, 0) is 16.8 Å². The summed E-state index contributed by atoms with van der Waals surface area (Å²) in [6, 6.07) is 12.8. The van der Waals surface area contributed by atoms with Crippen molar-refractivity contribution in [2.45, 2.75) is 0 Å². The van der Waals surface area contributed by atoms with Gasteiger partial charge in [0.05, 0.1) is 4.92 Å². The second kappa shape index (κ2) is 6.79. The second-order valence-electron chi connectivity index (χ2n) is 5.03. The maximum Gasteiger partial charge on any atom is 0.354 e. The van der Waals surface area contributed by atoms with Crippen LogP contribution in [-0.4, -0.2) is 27.8 Å². The van der Waals surface area contributed by atoms with E-state index in [1.807, 2.05) is 30.3 Å². The van der Waals surface area contributed by atoms with Crippen molar-refractivity contribution in [3.63, 3.8) is 0 Å². The molecule has 0 aliphatic carbocycles. The van der Waals surface area contributed by atoms with Crippen LogP contribution in [0.25, 0.3) is 10.8 Å². The quantitative estimate of drug-likeness (QED) is 0.482. The number of hydrogen-bond donors (Lipinski definition) is 3. The molecule has 9 heteroatoms. The highest BCUT2D eigenvalue weighted by molar-refractivity contribution is 6.07. The number of hydrogen-bond acceptors (Lipinski definition) is 7. The molecular weight excluding hydrogens is 324 g/mol. The minimum absolute atomic E-state index is 0.0434. The lowest BCUT2D eigenvalue weighted by molar-refractivity contribution is -0.383. The summed E-state index contributed by atoms with van der Waals surface area (Å²) < 4.78 is 0. The van der Waals surface area contributed by atoms with Crippen molar-refractivity contribution >= 4 is 34.0 Å². The molecule has 3 rings (SSSR count). The van der Waals surface area contributed by atoms with Gasteiger partial charge in [0.25, 0.3) is 5.91 Å². The number of nitro groups is 1. The maximum atomic E-state index is 12.5. The molecule has 1 aromatic heterocycles. The summed E-state index contributed by atoms with van der Waals surface area (Å²) in [4.78, 5) is 30.7. The molecule has 0 saturated carbocycles. The molecule has 0 atom stereocenters. The van der Waals surface area contributed by atoms with Crippen molar-refractivity contribution < 1.29 is 9.72 Å². The van der Waals surface area contributed by atoms with Gasteiger partial charge in [-0.15, -0.1) is 0 Å². The minimum Gasteiger partial charge on any atom is -0.367 e. The first-order chi connectivity index (χ1) is 12.1. The number of anilines is 2. The zero-order valence-electron chi connectivity index (χ0n) is 13.2. The van der Waals surface area contributed by atoms with E-state index in [0.717, 1.165) is 17.1 Å². The third-order valence-electron chi connectivity index (χ3n) is 3.57. The molecule has 0 bridgehead atoms. The summed E-state index contributed by atoms with van der Waals surface area (Å²) in [5.41, 5.74) is 5.03. The first-order valence-electron chi connectivity index (χ1n) is 7.33. The van der Waals surface area contributed by atoms with Crippen LogP contribution in [-0.2, 0) is 0 Å². The van der Waals surface area contributed by atoms with E-state index in [1.54, 1.807) is 12.1 Å². The van der Waals surface area contributed by atoms with E-state index in [1.165, 1.54) is 7.05 Å². The number of amides is 1. The largest absolute Gasteiger partial charge is 0.367 e. The fourth-order valence-electron chi connectivity index (χ4n) is 2.43. The van der Waals surface area contributed by atoms with Gasteiger partial charge >= 0.3 is 5.69 Å². The van der Waals surface area contributed by atoms with Crippen molar-refractivity contribution in [1.29, 1.82) is 0 Å².